The molecule has 4 heteroatoms. The number of para-hydroxylation sites is 1. The third kappa shape index (κ3) is 3.02. The summed E-state index contributed by atoms with van der Waals surface area (Å²) in [6.45, 7) is 8.53. The molecule has 0 amide bonds. The average Bonchev–Trinajstić information content (AvgIpc) is 2.83. The second-order valence-electron chi connectivity index (χ2n) is 6.82. The van der Waals surface area contributed by atoms with Crippen molar-refractivity contribution in [2.24, 2.45) is 0 Å². The molecule has 0 aliphatic carbocycles. The molecule has 0 aliphatic heterocycles. The number of pyridine rings is 1. The van der Waals surface area contributed by atoms with E-state index in [1.165, 1.54) is 5.56 Å². The van der Waals surface area contributed by atoms with E-state index in [-0.39, 0.29) is 5.54 Å². The fraction of sp³-hybridized carbons (Fsp3) is 0.316. The fourth-order valence-electron chi connectivity index (χ4n) is 2.65. The highest BCUT2D eigenvalue weighted by atomic mass is 16.5. The summed E-state index contributed by atoms with van der Waals surface area (Å²) < 4.78 is 7.64. The first-order valence-corrected chi connectivity index (χ1v) is 7.79. The highest BCUT2D eigenvalue weighted by Crippen LogP contribution is 2.36. The number of ether oxygens (including phenoxy) is 1. The molecule has 1 aromatic carbocycles. The first-order valence-electron chi connectivity index (χ1n) is 7.79. The summed E-state index contributed by atoms with van der Waals surface area (Å²) in [5, 5.41) is 3.59. The Bertz CT molecular complexity index is 843. The predicted molar refractivity (Wildman–Crippen MR) is 95.3 cm³/mol. The van der Waals surface area contributed by atoms with Crippen LogP contribution in [0.2, 0.25) is 0 Å². The number of benzene rings is 1. The molecular formula is C19H23N3O. The predicted octanol–water partition coefficient (Wildman–Crippen LogP) is 4.53. The number of aryl methyl sites for hydroxylation is 1. The van der Waals surface area contributed by atoms with Crippen LogP contribution in [-0.2, 0) is 0 Å². The Balaban J connectivity index is 2.29. The molecule has 0 saturated carbocycles. The third-order valence-electron chi connectivity index (χ3n) is 3.62. The number of fused-ring (bicyclic) bond motifs is 1. The lowest BCUT2D eigenvalue weighted by Crippen LogP contribution is -2.27. The molecular weight excluding hydrogens is 286 g/mol. The summed E-state index contributed by atoms with van der Waals surface area (Å²) in [6, 6.07) is 12.1. The molecule has 0 radical (unpaired) electrons. The average molecular weight is 309 g/mol. The summed E-state index contributed by atoms with van der Waals surface area (Å²) in [5.74, 6) is 1.81. The van der Waals surface area contributed by atoms with E-state index in [4.69, 9.17) is 9.72 Å². The highest BCUT2D eigenvalue weighted by Gasteiger charge is 2.21. The van der Waals surface area contributed by atoms with Gasteiger partial charge >= 0.3 is 0 Å². The fourth-order valence-corrected chi connectivity index (χ4v) is 2.65. The van der Waals surface area contributed by atoms with Crippen molar-refractivity contribution in [1.29, 1.82) is 0 Å². The van der Waals surface area contributed by atoms with Crippen LogP contribution in [0.15, 0.2) is 42.6 Å². The molecule has 0 aliphatic rings. The molecule has 2 aromatic heterocycles. The Hall–Kier alpha value is -2.49. The lowest BCUT2D eigenvalue weighted by Gasteiger charge is -2.23. The molecule has 23 heavy (non-hydrogen) atoms. The van der Waals surface area contributed by atoms with Gasteiger partial charge in [0.15, 0.2) is 0 Å². The van der Waals surface area contributed by atoms with Crippen LogP contribution in [0.1, 0.15) is 26.3 Å². The van der Waals surface area contributed by atoms with E-state index in [1.807, 2.05) is 30.3 Å². The monoisotopic (exact) mass is 309 g/mol. The van der Waals surface area contributed by atoms with Gasteiger partial charge in [0.2, 0.25) is 0 Å². The van der Waals surface area contributed by atoms with Gasteiger partial charge in [-0.2, -0.15) is 0 Å². The zero-order chi connectivity index (χ0) is 16.6. The van der Waals surface area contributed by atoms with Crippen LogP contribution < -0.4 is 10.1 Å². The van der Waals surface area contributed by atoms with Gasteiger partial charge in [-0.15, -0.1) is 0 Å². The van der Waals surface area contributed by atoms with Crippen molar-refractivity contribution in [1.82, 2.24) is 9.38 Å². The number of methoxy groups -OCH3 is 1. The Morgan fingerprint density at radius 3 is 2.52 bits per heavy atom. The van der Waals surface area contributed by atoms with E-state index in [9.17, 15) is 0 Å². The first kappa shape index (κ1) is 15.4. The number of nitrogens with one attached hydrogen (secondary N) is 1. The van der Waals surface area contributed by atoms with Crippen molar-refractivity contribution in [2.45, 2.75) is 33.2 Å². The SMILES string of the molecule is COc1ccccc1-c1nc2ccc(C)cn2c1NC(C)(C)C. The largest absolute Gasteiger partial charge is 0.496 e. The van der Waals surface area contributed by atoms with Gasteiger partial charge in [-0.1, -0.05) is 18.2 Å². The molecule has 0 fully saturated rings. The molecule has 0 atom stereocenters. The normalized spacial score (nSPS) is 11.7. The summed E-state index contributed by atoms with van der Waals surface area (Å²) in [7, 11) is 1.69. The number of hydrogen-bond donors (Lipinski definition) is 1. The second kappa shape index (κ2) is 5.61. The Kier molecular flexibility index (Phi) is 3.76. The minimum absolute atomic E-state index is 0.0729. The van der Waals surface area contributed by atoms with Gasteiger partial charge in [0.05, 0.1) is 7.11 Å². The number of rotatable bonds is 3. The van der Waals surface area contributed by atoms with E-state index < -0.39 is 0 Å². The number of aromatic nitrogens is 2. The van der Waals surface area contributed by atoms with E-state index in [0.29, 0.717) is 0 Å². The zero-order valence-corrected chi connectivity index (χ0v) is 14.3. The smallest absolute Gasteiger partial charge is 0.139 e. The van der Waals surface area contributed by atoms with Gasteiger partial charge in [0.1, 0.15) is 22.9 Å². The van der Waals surface area contributed by atoms with Crippen LogP contribution >= 0.6 is 0 Å². The Labute approximate surface area is 137 Å². The molecule has 3 rings (SSSR count). The Morgan fingerprint density at radius 2 is 1.83 bits per heavy atom. The van der Waals surface area contributed by atoms with E-state index in [0.717, 1.165) is 28.5 Å². The molecule has 2 heterocycles. The number of imidazole rings is 1. The van der Waals surface area contributed by atoms with Gasteiger partial charge in [-0.25, -0.2) is 4.98 Å². The van der Waals surface area contributed by atoms with Crippen LogP contribution in [0, 0.1) is 6.92 Å². The van der Waals surface area contributed by atoms with Gasteiger partial charge in [-0.3, -0.25) is 4.40 Å². The quantitative estimate of drug-likeness (QED) is 0.772. The molecule has 3 aromatic rings. The van der Waals surface area contributed by atoms with Crippen LogP contribution in [0.4, 0.5) is 5.82 Å². The zero-order valence-electron chi connectivity index (χ0n) is 14.3. The maximum absolute atomic E-state index is 5.53. The van der Waals surface area contributed by atoms with Crippen molar-refractivity contribution in [3.63, 3.8) is 0 Å². The minimum Gasteiger partial charge on any atom is -0.496 e. The highest BCUT2D eigenvalue weighted by molar-refractivity contribution is 5.80. The van der Waals surface area contributed by atoms with Gasteiger partial charge in [-0.05, 0) is 51.5 Å². The summed E-state index contributed by atoms with van der Waals surface area (Å²) in [4.78, 5) is 4.84. The second-order valence-corrected chi connectivity index (χ2v) is 6.82. The molecule has 0 unspecified atom stereocenters. The lowest BCUT2D eigenvalue weighted by atomic mass is 10.1. The van der Waals surface area contributed by atoms with Crippen LogP contribution in [0.3, 0.4) is 0 Å². The van der Waals surface area contributed by atoms with Crippen molar-refractivity contribution >= 4 is 11.5 Å². The molecule has 4 nitrogen and oxygen atoms in total. The van der Waals surface area contributed by atoms with Gasteiger partial charge < -0.3 is 10.1 Å². The molecule has 1 N–H and O–H groups in total. The van der Waals surface area contributed by atoms with E-state index in [2.05, 4.69) is 49.7 Å². The molecule has 0 bridgehead atoms. The summed E-state index contributed by atoms with van der Waals surface area (Å²) >= 11 is 0. The molecule has 0 spiro atoms. The van der Waals surface area contributed by atoms with Gasteiger partial charge in [0.25, 0.3) is 0 Å². The summed E-state index contributed by atoms with van der Waals surface area (Å²) in [5.41, 5.74) is 3.93. The minimum atomic E-state index is -0.0729. The number of nitrogens with zero attached hydrogens (tertiary/aromatic N) is 2. The van der Waals surface area contributed by atoms with E-state index in [1.54, 1.807) is 7.11 Å². The molecule has 120 valence electrons. The van der Waals surface area contributed by atoms with Crippen molar-refractivity contribution in [3.8, 4) is 17.0 Å². The number of anilines is 1. The van der Waals surface area contributed by atoms with Crippen molar-refractivity contribution in [3.05, 3.63) is 48.2 Å². The van der Waals surface area contributed by atoms with Crippen molar-refractivity contribution in [2.75, 3.05) is 12.4 Å². The lowest BCUT2D eigenvalue weighted by molar-refractivity contribution is 0.416. The maximum atomic E-state index is 5.53. The Morgan fingerprint density at radius 1 is 1.09 bits per heavy atom. The standard InChI is InChI=1S/C19H23N3O/c1-13-10-11-16-20-17(14-8-6-7-9-15(14)23-5)18(22(16)12-13)21-19(2,3)4/h6-12,21H,1-5H3. The topological polar surface area (TPSA) is 38.6 Å². The van der Waals surface area contributed by atoms with Crippen LogP contribution in [0.25, 0.3) is 16.9 Å². The maximum Gasteiger partial charge on any atom is 0.139 e. The number of hydrogen-bond acceptors (Lipinski definition) is 3. The van der Waals surface area contributed by atoms with Gasteiger partial charge in [0, 0.05) is 17.3 Å². The van der Waals surface area contributed by atoms with Crippen LogP contribution in [0.5, 0.6) is 5.75 Å². The van der Waals surface area contributed by atoms with Crippen molar-refractivity contribution < 1.29 is 4.74 Å². The summed E-state index contributed by atoms with van der Waals surface area (Å²) in [6.07, 6.45) is 2.11. The first-order chi connectivity index (χ1) is 10.9. The third-order valence-corrected chi connectivity index (χ3v) is 3.62. The molecule has 0 saturated heterocycles. The van der Waals surface area contributed by atoms with Crippen LogP contribution in [-0.4, -0.2) is 22.0 Å². The van der Waals surface area contributed by atoms with E-state index >= 15 is 0 Å².